The summed E-state index contributed by atoms with van der Waals surface area (Å²) in [7, 11) is 1.25. The SMILES string of the molecule is COC(=O)CC(N)c1cccc(C(F)F)c1. The average Bonchev–Trinajstić information content (AvgIpc) is 2.28. The summed E-state index contributed by atoms with van der Waals surface area (Å²) < 4.78 is 29.3. The number of carbonyl (C=O) groups excluding carboxylic acids is 1. The Bertz CT molecular complexity index is 369. The van der Waals surface area contributed by atoms with Crippen molar-refractivity contribution in [3.63, 3.8) is 0 Å². The van der Waals surface area contributed by atoms with Gasteiger partial charge in [-0.2, -0.15) is 0 Å². The number of esters is 1. The van der Waals surface area contributed by atoms with Gasteiger partial charge in [0.25, 0.3) is 6.43 Å². The Kier molecular flexibility index (Phi) is 4.37. The van der Waals surface area contributed by atoms with Gasteiger partial charge in [0.1, 0.15) is 0 Å². The third-order valence-electron chi connectivity index (χ3n) is 2.21. The van der Waals surface area contributed by atoms with Crippen LogP contribution in [0, 0.1) is 0 Å². The van der Waals surface area contributed by atoms with Crippen LogP contribution < -0.4 is 5.73 Å². The molecular weight excluding hydrogens is 216 g/mol. The predicted molar refractivity (Wildman–Crippen MR) is 55.0 cm³/mol. The molecular formula is C11H13F2NO2. The van der Waals surface area contributed by atoms with Crippen molar-refractivity contribution in [3.8, 4) is 0 Å². The van der Waals surface area contributed by atoms with Crippen LogP contribution in [0.25, 0.3) is 0 Å². The van der Waals surface area contributed by atoms with Crippen molar-refractivity contribution >= 4 is 5.97 Å². The summed E-state index contributed by atoms with van der Waals surface area (Å²) in [6, 6.07) is 5.11. The molecule has 1 atom stereocenters. The minimum atomic E-state index is -2.54. The smallest absolute Gasteiger partial charge is 0.307 e. The van der Waals surface area contributed by atoms with Crippen molar-refractivity contribution in [2.75, 3.05) is 7.11 Å². The molecule has 88 valence electrons. The molecule has 0 saturated carbocycles. The highest BCUT2D eigenvalue weighted by Gasteiger charge is 2.14. The van der Waals surface area contributed by atoms with Crippen LogP contribution in [0.4, 0.5) is 8.78 Å². The number of nitrogens with two attached hydrogens (primary N) is 1. The second-order valence-electron chi connectivity index (χ2n) is 3.36. The molecule has 1 aromatic rings. The Morgan fingerprint density at radius 1 is 1.44 bits per heavy atom. The van der Waals surface area contributed by atoms with Gasteiger partial charge in [-0.1, -0.05) is 18.2 Å². The second-order valence-corrected chi connectivity index (χ2v) is 3.36. The number of ether oxygens (including phenoxy) is 1. The number of halogens is 2. The summed E-state index contributed by atoms with van der Waals surface area (Å²) in [6.07, 6.45) is -2.56. The summed E-state index contributed by atoms with van der Waals surface area (Å²) in [5, 5.41) is 0. The van der Waals surface area contributed by atoms with Crippen molar-refractivity contribution in [1.29, 1.82) is 0 Å². The molecule has 16 heavy (non-hydrogen) atoms. The number of alkyl halides is 2. The Morgan fingerprint density at radius 3 is 2.62 bits per heavy atom. The quantitative estimate of drug-likeness (QED) is 0.805. The first-order valence-electron chi connectivity index (χ1n) is 4.75. The van der Waals surface area contributed by atoms with Gasteiger partial charge in [-0.15, -0.1) is 0 Å². The van der Waals surface area contributed by atoms with Gasteiger partial charge in [-0.3, -0.25) is 4.79 Å². The van der Waals surface area contributed by atoms with Crippen molar-refractivity contribution in [3.05, 3.63) is 35.4 Å². The van der Waals surface area contributed by atoms with Crippen molar-refractivity contribution in [2.45, 2.75) is 18.9 Å². The van der Waals surface area contributed by atoms with Crippen LogP contribution in [0.5, 0.6) is 0 Å². The van der Waals surface area contributed by atoms with Crippen LogP contribution >= 0.6 is 0 Å². The molecule has 3 nitrogen and oxygen atoms in total. The first-order chi connectivity index (χ1) is 7.54. The monoisotopic (exact) mass is 229 g/mol. The number of carbonyl (C=O) groups is 1. The maximum atomic E-state index is 12.4. The molecule has 0 aliphatic rings. The van der Waals surface area contributed by atoms with Crippen molar-refractivity contribution in [2.24, 2.45) is 5.73 Å². The Hall–Kier alpha value is -1.49. The Labute approximate surface area is 92.2 Å². The van der Waals surface area contributed by atoms with E-state index >= 15 is 0 Å². The van der Waals surface area contributed by atoms with E-state index in [0.717, 1.165) is 0 Å². The zero-order valence-corrected chi connectivity index (χ0v) is 8.82. The van der Waals surface area contributed by atoms with E-state index in [1.165, 1.54) is 25.3 Å². The predicted octanol–water partition coefficient (Wildman–Crippen LogP) is 2.19. The number of benzene rings is 1. The molecule has 1 unspecified atom stereocenters. The lowest BCUT2D eigenvalue weighted by atomic mass is 10.0. The number of rotatable bonds is 4. The van der Waals surface area contributed by atoms with E-state index in [0.29, 0.717) is 5.56 Å². The van der Waals surface area contributed by atoms with Gasteiger partial charge < -0.3 is 10.5 Å². The average molecular weight is 229 g/mol. The van der Waals surface area contributed by atoms with Crippen molar-refractivity contribution in [1.82, 2.24) is 0 Å². The van der Waals surface area contributed by atoms with Crippen LogP contribution in [0.1, 0.15) is 30.0 Å². The molecule has 0 spiro atoms. The molecule has 0 fully saturated rings. The fourth-order valence-corrected chi connectivity index (χ4v) is 1.31. The summed E-state index contributed by atoms with van der Waals surface area (Å²) in [4.78, 5) is 11.0. The van der Waals surface area contributed by atoms with Gasteiger partial charge in [-0.05, 0) is 11.6 Å². The van der Waals surface area contributed by atoms with Gasteiger partial charge in [0, 0.05) is 11.6 Å². The molecule has 0 bridgehead atoms. The fraction of sp³-hybridized carbons (Fsp3) is 0.364. The molecule has 0 heterocycles. The van der Waals surface area contributed by atoms with E-state index in [2.05, 4.69) is 4.74 Å². The molecule has 1 rings (SSSR count). The van der Waals surface area contributed by atoms with Gasteiger partial charge in [-0.25, -0.2) is 8.78 Å². The van der Waals surface area contributed by atoms with Gasteiger partial charge in [0.2, 0.25) is 0 Å². The van der Waals surface area contributed by atoms with Crippen LogP contribution in [0.2, 0.25) is 0 Å². The van der Waals surface area contributed by atoms with Crippen molar-refractivity contribution < 1.29 is 18.3 Å². The molecule has 0 saturated heterocycles. The summed E-state index contributed by atoms with van der Waals surface area (Å²) in [5.41, 5.74) is 6.10. The van der Waals surface area contributed by atoms with Crippen LogP contribution in [-0.4, -0.2) is 13.1 Å². The van der Waals surface area contributed by atoms with Crippen LogP contribution in [0.3, 0.4) is 0 Å². The zero-order chi connectivity index (χ0) is 12.1. The first-order valence-corrected chi connectivity index (χ1v) is 4.75. The lowest BCUT2D eigenvalue weighted by molar-refractivity contribution is -0.141. The largest absolute Gasteiger partial charge is 0.469 e. The Balaban J connectivity index is 2.79. The lowest BCUT2D eigenvalue weighted by Gasteiger charge is -2.11. The molecule has 0 aromatic heterocycles. The number of methoxy groups -OCH3 is 1. The highest BCUT2D eigenvalue weighted by Crippen LogP contribution is 2.23. The molecule has 1 aromatic carbocycles. The lowest BCUT2D eigenvalue weighted by Crippen LogP contribution is -2.16. The first kappa shape index (κ1) is 12.6. The topological polar surface area (TPSA) is 52.3 Å². The highest BCUT2D eigenvalue weighted by molar-refractivity contribution is 5.70. The maximum absolute atomic E-state index is 12.4. The number of hydrogen-bond acceptors (Lipinski definition) is 3. The third-order valence-corrected chi connectivity index (χ3v) is 2.21. The normalized spacial score (nSPS) is 12.6. The van der Waals surface area contributed by atoms with E-state index in [-0.39, 0.29) is 12.0 Å². The van der Waals surface area contributed by atoms with Gasteiger partial charge >= 0.3 is 5.97 Å². The minimum Gasteiger partial charge on any atom is -0.469 e. The van der Waals surface area contributed by atoms with Gasteiger partial charge in [0.15, 0.2) is 0 Å². The number of hydrogen-bond donors (Lipinski definition) is 1. The molecule has 2 N–H and O–H groups in total. The minimum absolute atomic E-state index is 0.0246. The molecule has 0 radical (unpaired) electrons. The standard InChI is InChI=1S/C11H13F2NO2/c1-16-10(15)6-9(14)7-3-2-4-8(5-7)11(12)13/h2-5,9,11H,6,14H2,1H3. The van der Waals surface area contributed by atoms with E-state index in [1.807, 2.05) is 0 Å². The highest BCUT2D eigenvalue weighted by atomic mass is 19.3. The van der Waals surface area contributed by atoms with E-state index in [4.69, 9.17) is 5.73 Å². The molecule has 0 aliphatic heterocycles. The summed E-state index contributed by atoms with van der Waals surface area (Å²) in [6.45, 7) is 0. The summed E-state index contributed by atoms with van der Waals surface area (Å²) in [5.74, 6) is -0.463. The van der Waals surface area contributed by atoms with Crippen LogP contribution in [-0.2, 0) is 9.53 Å². The summed E-state index contributed by atoms with van der Waals surface area (Å²) >= 11 is 0. The second kappa shape index (κ2) is 5.55. The van der Waals surface area contributed by atoms with E-state index < -0.39 is 18.4 Å². The fourth-order valence-electron chi connectivity index (χ4n) is 1.31. The maximum Gasteiger partial charge on any atom is 0.307 e. The van der Waals surface area contributed by atoms with E-state index in [1.54, 1.807) is 6.07 Å². The van der Waals surface area contributed by atoms with Crippen LogP contribution in [0.15, 0.2) is 24.3 Å². The Morgan fingerprint density at radius 2 is 2.06 bits per heavy atom. The molecule has 0 amide bonds. The molecule has 0 aliphatic carbocycles. The third kappa shape index (κ3) is 3.27. The van der Waals surface area contributed by atoms with Gasteiger partial charge in [0.05, 0.1) is 13.5 Å². The molecule has 5 heteroatoms. The van der Waals surface area contributed by atoms with E-state index in [9.17, 15) is 13.6 Å². The zero-order valence-electron chi connectivity index (χ0n) is 8.82.